The van der Waals surface area contributed by atoms with Gasteiger partial charge in [-0.2, -0.15) is 30.6 Å². The number of nitrogens with one attached hydrogen (secondary N) is 5. The van der Waals surface area contributed by atoms with Gasteiger partial charge in [0, 0.05) is 230 Å². The van der Waals surface area contributed by atoms with E-state index in [4.69, 9.17) is 19.7 Å². The van der Waals surface area contributed by atoms with E-state index >= 15 is 0 Å². The summed E-state index contributed by atoms with van der Waals surface area (Å²) in [5.74, 6) is 4.46. The first-order valence-corrected chi connectivity index (χ1v) is 32.2. The largest absolute Gasteiger partial charge is 0.374 e. The van der Waals surface area contributed by atoms with Crippen molar-refractivity contribution in [1.82, 2.24) is 104 Å². The first-order valence-electron chi connectivity index (χ1n) is 32.2. The Labute approximate surface area is 560 Å². The number of benzene rings is 3. The molecule has 494 valence electrons. The molecule has 27 heteroatoms. The highest BCUT2D eigenvalue weighted by Crippen LogP contribution is 2.34. The van der Waals surface area contributed by atoms with Crippen LogP contribution in [0.25, 0.3) is 101 Å². The number of amides is 2. The van der Waals surface area contributed by atoms with Gasteiger partial charge in [-0.25, -0.2) is 29.9 Å². The van der Waals surface area contributed by atoms with Crippen LogP contribution in [-0.4, -0.2) is 170 Å². The smallest absolute Gasteiger partial charge is 0.222 e. The van der Waals surface area contributed by atoms with Crippen LogP contribution in [0.4, 0.5) is 17.5 Å². The van der Waals surface area contributed by atoms with E-state index in [1.165, 1.54) is 0 Å². The zero-order valence-corrected chi connectivity index (χ0v) is 55.0. The van der Waals surface area contributed by atoms with Gasteiger partial charge in [0.2, 0.25) is 11.8 Å². The summed E-state index contributed by atoms with van der Waals surface area (Å²) < 4.78 is 16.5. The predicted octanol–water partition coefficient (Wildman–Crippen LogP) is 7.96. The molecule has 3 fully saturated rings. The van der Waals surface area contributed by atoms with E-state index in [2.05, 4.69) is 102 Å². The second-order valence-corrected chi connectivity index (χ2v) is 24.2. The molecule has 15 rings (SSSR count). The molecular weight excluding hydrogens is 1220 g/mol. The molecule has 0 bridgehead atoms. The average molecular weight is 1300 g/mol. The molecule has 27 nitrogen and oxygen atoms in total. The Morgan fingerprint density at radius 1 is 0.485 bits per heavy atom. The lowest BCUT2D eigenvalue weighted by atomic mass is 10.0. The summed E-state index contributed by atoms with van der Waals surface area (Å²) in [7, 11) is 11.4. The van der Waals surface area contributed by atoms with Crippen molar-refractivity contribution in [2.45, 2.75) is 37.8 Å². The third kappa shape index (κ3) is 15.8. The maximum Gasteiger partial charge on any atom is 0.222 e. The van der Waals surface area contributed by atoms with Crippen LogP contribution in [-0.2, 0) is 56.6 Å². The van der Waals surface area contributed by atoms with E-state index in [9.17, 15) is 9.59 Å². The van der Waals surface area contributed by atoms with Crippen LogP contribution in [0.15, 0.2) is 166 Å². The standard InChI is InChI=1S/C24H26N8O.C23H26N8O.C23H24N8O/c1-30-15-19(12-27-30)17-5-3-6-18(11-17)23-26-14-21(20-13-28-31(2)16-20)24(29-23)25-8-10-32-9-4-7-22(32)33;1-30-14-18(9-27-30)16-4-3-5-17(8-16)22-26-13-21(19-10-28-31(2)15-19)23(29-22)25-12-20-11-24-6-7-32-20;1-30-13-17(9-26-30)15-4-3-5-16(8-15)22-25-12-20(18-10-27-31(2)14-18)23(29-22)28-19-6-7-21(32)24-11-19/h3,5-6,11-16H,4,7-10H2,1-2H3,(H,25,26,29);3-5,8-10,13-15,20,24H,6-7,11-12H2,1-2H3,(H,25,26,29);3-5,8-10,12-14,19H,6-7,11H2,1-2H3,(H,24,32)(H,25,28,29)/t;;19-/m..0/s1. The number of aryl methyl sites for hydroxylation is 6. The van der Waals surface area contributed by atoms with Crippen molar-refractivity contribution in [3.63, 3.8) is 0 Å². The molecule has 97 heavy (non-hydrogen) atoms. The fourth-order valence-corrected chi connectivity index (χ4v) is 11.7. The van der Waals surface area contributed by atoms with Crippen LogP contribution < -0.4 is 26.6 Å². The van der Waals surface area contributed by atoms with E-state index in [0.717, 1.165) is 140 Å². The summed E-state index contributed by atoms with van der Waals surface area (Å²) in [6.07, 6.45) is 31.2. The van der Waals surface area contributed by atoms with Gasteiger partial charge in [0.05, 0.1) is 49.9 Å². The SMILES string of the molecule is Cn1cc(-c2cccc(-c3ncc(-c4cnn(C)c4)c(NCC4CNCCO4)n3)c2)cn1.Cn1cc(-c2cccc(-c3ncc(-c4cnn(C)c4)c(NCCN4CCCC4=O)n3)c2)cn1.Cn1cc(-c2cccc(-c3ncc(-c4cnn(C)c4)c(N[C@H]4CCC(=O)NC4)n3)c2)cn1. The average Bonchev–Trinajstić information content (AvgIpc) is 1.80. The minimum atomic E-state index is 0.0890. The topological polar surface area (TPSA) is 291 Å². The van der Waals surface area contributed by atoms with Crippen molar-refractivity contribution < 1.29 is 14.3 Å². The maximum absolute atomic E-state index is 12.0. The van der Waals surface area contributed by atoms with E-state index in [-0.39, 0.29) is 24.0 Å². The lowest BCUT2D eigenvalue weighted by molar-refractivity contribution is -0.127. The van der Waals surface area contributed by atoms with Crippen LogP contribution >= 0.6 is 0 Å². The molecule has 12 heterocycles. The van der Waals surface area contributed by atoms with E-state index in [1.54, 1.807) is 40.5 Å². The Balaban J connectivity index is 0.000000131. The maximum atomic E-state index is 12.0. The van der Waals surface area contributed by atoms with E-state index in [0.29, 0.717) is 56.5 Å². The number of ether oxygens (including phenoxy) is 1. The van der Waals surface area contributed by atoms with Gasteiger partial charge in [-0.15, -0.1) is 0 Å². The summed E-state index contributed by atoms with van der Waals surface area (Å²) in [6.45, 7) is 5.76. The summed E-state index contributed by atoms with van der Waals surface area (Å²) in [4.78, 5) is 54.1. The van der Waals surface area contributed by atoms with Gasteiger partial charge in [0.1, 0.15) is 17.5 Å². The number of hydrogen-bond acceptors (Lipinski definition) is 19. The van der Waals surface area contributed by atoms with Crippen LogP contribution in [0.3, 0.4) is 0 Å². The highest BCUT2D eigenvalue weighted by atomic mass is 16.5. The summed E-state index contributed by atoms with van der Waals surface area (Å²) >= 11 is 0. The summed E-state index contributed by atoms with van der Waals surface area (Å²) in [6, 6.07) is 24.6. The molecular formula is C70H76N24O3. The van der Waals surface area contributed by atoms with Crippen molar-refractivity contribution >= 4 is 29.3 Å². The van der Waals surface area contributed by atoms with Gasteiger partial charge in [-0.3, -0.25) is 37.7 Å². The van der Waals surface area contributed by atoms with Crippen molar-refractivity contribution in [1.29, 1.82) is 0 Å². The van der Waals surface area contributed by atoms with Gasteiger partial charge < -0.3 is 36.2 Å². The summed E-state index contributed by atoms with van der Waals surface area (Å²) in [5, 5.41) is 42.4. The zero-order valence-electron chi connectivity index (χ0n) is 55.0. The first-order chi connectivity index (χ1) is 47.3. The quantitative estimate of drug-likeness (QED) is 0.0544. The fraction of sp³-hybridized carbons (Fsp3) is 0.286. The Hall–Kier alpha value is -11.6. The molecule has 0 aliphatic carbocycles. The molecule has 1 unspecified atom stereocenters. The molecule has 2 amide bonds. The van der Waals surface area contributed by atoms with Gasteiger partial charge in [0.25, 0.3) is 0 Å². The lowest BCUT2D eigenvalue weighted by Gasteiger charge is -2.25. The number of anilines is 3. The molecule has 3 saturated heterocycles. The van der Waals surface area contributed by atoms with Gasteiger partial charge in [-0.05, 0) is 47.7 Å². The normalized spacial score (nSPS) is 15.3. The number of likely N-dealkylation sites (tertiary alicyclic amines) is 1. The number of hydrogen-bond donors (Lipinski definition) is 5. The van der Waals surface area contributed by atoms with Crippen molar-refractivity contribution in [2.24, 2.45) is 42.3 Å². The van der Waals surface area contributed by atoms with E-state index < -0.39 is 0 Å². The molecule has 5 N–H and O–H groups in total. The molecule has 3 aliphatic rings. The Morgan fingerprint density at radius 3 is 1.30 bits per heavy atom. The minimum absolute atomic E-state index is 0.0890. The molecule has 0 spiro atoms. The Kier molecular flexibility index (Phi) is 19.4. The fourth-order valence-electron chi connectivity index (χ4n) is 11.7. The number of carbonyl (C=O) groups is 2. The number of rotatable bonds is 18. The van der Waals surface area contributed by atoms with Gasteiger partial charge in [-0.1, -0.05) is 54.6 Å². The molecule has 2 atom stereocenters. The van der Waals surface area contributed by atoms with Crippen LogP contribution in [0.1, 0.15) is 25.7 Å². The lowest BCUT2D eigenvalue weighted by Crippen LogP contribution is -2.42. The van der Waals surface area contributed by atoms with Crippen LogP contribution in [0.2, 0.25) is 0 Å². The second kappa shape index (κ2) is 29.4. The highest BCUT2D eigenvalue weighted by Gasteiger charge is 2.24. The second-order valence-electron chi connectivity index (χ2n) is 24.2. The molecule has 12 aromatic rings. The minimum Gasteiger partial charge on any atom is -0.374 e. The Morgan fingerprint density at radius 2 is 0.907 bits per heavy atom. The van der Waals surface area contributed by atoms with Crippen LogP contribution in [0.5, 0.6) is 0 Å². The molecule has 0 radical (unpaired) electrons. The molecule has 0 saturated carbocycles. The number of aromatic nitrogens is 18. The van der Waals surface area contributed by atoms with Gasteiger partial charge >= 0.3 is 0 Å². The van der Waals surface area contributed by atoms with Crippen LogP contribution in [0, 0.1) is 0 Å². The predicted molar refractivity (Wildman–Crippen MR) is 371 cm³/mol. The van der Waals surface area contributed by atoms with Crippen molar-refractivity contribution in [3.8, 4) is 101 Å². The van der Waals surface area contributed by atoms with Crippen molar-refractivity contribution in [3.05, 3.63) is 166 Å². The summed E-state index contributed by atoms with van der Waals surface area (Å²) in [5.41, 5.74) is 14.6. The number of nitrogens with zero attached hydrogens (tertiary/aromatic N) is 19. The third-order valence-corrected chi connectivity index (χ3v) is 16.8. The van der Waals surface area contributed by atoms with E-state index in [1.807, 2.05) is 170 Å². The molecule has 3 aliphatic heterocycles. The first kappa shape index (κ1) is 64.1. The van der Waals surface area contributed by atoms with Gasteiger partial charge in [0.15, 0.2) is 17.5 Å². The Bertz CT molecular complexity index is 4690. The molecule has 9 aromatic heterocycles. The number of carbonyl (C=O) groups excluding carboxylic acids is 2. The number of piperidine rings is 1. The number of morpholine rings is 1. The zero-order chi connectivity index (χ0) is 66.8. The highest BCUT2D eigenvalue weighted by molar-refractivity contribution is 5.81. The monoisotopic (exact) mass is 1300 g/mol. The van der Waals surface area contributed by atoms with Crippen molar-refractivity contribution in [2.75, 3.05) is 68.4 Å². The third-order valence-electron chi connectivity index (χ3n) is 16.8. The molecule has 3 aromatic carbocycles.